The lowest BCUT2D eigenvalue weighted by molar-refractivity contribution is 0.0526. The molecule has 138 valence electrons. The normalized spacial score (nSPS) is 14.7. The van der Waals surface area contributed by atoms with Gasteiger partial charge < -0.3 is 15.4 Å². The van der Waals surface area contributed by atoms with Gasteiger partial charge in [0.1, 0.15) is 0 Å². The largest absolute Gasteiger partial charge is 0.462 e. The van der Waals surface area contributed by atoms with Gasteiger partial charge >= 0.3 is 5.97 Å². The molecule has 1 saturated carbocycles. The molecule has 2 aromatic rings. The number of esters is 1. The van der Waals surface area contributed by atoms with Crippen LogP contribution in [0.1, 0.15) is 54.9 Å². The Morgan fingerprint density at radius 3 is 2.62 bits per heavy atom. The quantitative estimate of drug-likeness (QED) is 0.712. The van der Waals surface area contributed by atoms with Gasteiger partial charge in [0, 0.05) is 25.0 Å². The van der Waals surface area contributed by atoms with Crippen molar-refractivity contribution in [1.29, 1.82) is 0 Å². The molecule has 1 aliphatic rings. The van der Waals surface area contributed by atoms with E-state index in [9.17, 15) is 4.79 Å². The molecular weight excluding hydrogens is 326 g/mol. The van der Waals surface area contributed by atoms with Crippen LogP contribution in [0.5, 0.6) is 0 Å². The maximum atomic E-state index is 12.1. The van der Waals surface area contributed by atoms with Crippen LogP contribution in [0.25, 0.3) is 0 Å². The van der Waals surface area contributed by atoms with Crippen LogP contribution in [-0.4, -0.2) is 23.6 Å². The predicted octanol–water partition coefficient (Wildman–Crippen LogP) is 4.62. The van der Waals surface area contributed by atoms with E-state index >= 15 is 0 Å². The SMILES string of the molecule is CCOC(=O)c1ccc(NC2CCCCC2)c(NCc2ccncc2)c1. The van der Waals surface area contributed by atoms with Crippen LogP contribution in [0.4, 0.5) is 11.4 Å². The molecule has 0 aliphatic heterocycles. The zero-order valence-electron chi connectivity index (χ0n) is 15.3. The Hall–Kier alpha value is -2.56. The fourth-order valence-corrected chi connectivity index (χ4v) is 3.32. The van der Waals surface area contributed by atoms with Crippen molar-refractivity contribution in [2.75, 3.05) is 17.2 Å². The Morgan fingerprint density at radius 1 is 1.12 bits per heavy atom. The number of anilines is 2. The second-order valence-corrected chi connectivity index (χ2v) is 6.67. The van der Waals surface area contributed by atoms with E-state index in [1.807, 2.05) is 37.3 Å². The summed E-state index contributed by atoms with van der Waals surface area (Å²) in [5, 5.41) is 7.12. The molecule has 1 aliphatic carbocycles. The van der Waals surface area contributed by atoms with E-state index < -0.39 is 0 Å². The second kappa shape index (κ2) is 9.22. The second-order valence-electron chi connectivity index (χ2n) is 6.67. The fraction of sp³-hybridized carbons (Fsp3) is 0.429. The zero-order valence-corrected chi connectivity index (χ0v) is 15.3. The highest BCUT2D eigenvalue weighted by atomic mass is 16.5. The van der Waals surface area contributed by atoms with E-state index in [1.165, 1.54) is 32.1 Å². The van der Waals surface area contributed by atoms with Crippen LogP contribution in [0, 0.1) is 0 Å². The molecule has 0 amide bonds. The van der Waals surface area contributed by atoms with Gasteiger partial charge in [0.25, 0.3) is 0 Å². The predicted molar refractivity (Wildman–Crippen MR) is 104 cm³/mol. The van der Waals surface area contributed by atoms with Gasteiger partial charge in [-0.3, -0.25) is 4.98 Å². The van der Waals surface area contributed by atoms with E-state index in [2.05, 4.69) is 15.6 Å². The van der Waals surface area contributed by atoms with Crippen molar-refractivity contribution < 1.29 is 9.53 Å². The molecule has 0 bridgehead atoms. The van der Waals surface area contributed by atoms with Crippen molar-refractivity contribution in [3.8, 4) is 0 Å². The Kier molecular flexibility index (Phi) is 6.47. The molecule has 5 heteroatoms. The zero-order chi connectivity index (χ0) is 18.2. The van der Waals surface area contributed by atoms with Gasteiger partial charge in [0.2, 0.25) is 0 Å². The topological polar surface area (TPSA) is 63.2 Å². The monoisotopic (exact) mass is 353 g/mol. The Labute approximate surface area is 155 Å². The summed E-state index contributed by atoms with van der Waals surface area (Å²) in [6.45, 7) is 2.87. The summed E-state index contributed by atoms with van der Waals surface area (Å²) in [5.41, 5.74) is 3.68. The molecule has 5 nitrogen and oxygen atoms in total. The van der Waals surface area contributed by atoms with Crippen LogP contribution in [0.3, 0.4) is 0 Å². The average Bonchev–Trinajstić information content (AvgIpc) is 2.69. The van der Waals surface area contributed by atoms with E-state index in [0.717, 1.165) is 16.9 Å². The summed E-state index contributed by atoms with van der Waals surface area (Å²) in [4.78, 5) is 16.1. The van der Waals surface area contributed by atoms with Crippen LogP contribution in [0.15, 0.2) is 42.7 Å². The van der Waals surface area contributed by atoms with Gasteiger partial charge in [-0.2, -0.15) is 0 Å². The van der Waals surface area contributed by atoms with Crippen molar-refractivity contribution in [3.05, 3.63) is 53.9 Å². The van der Waals surface area contributed by atoms with Crippen LogP contribution in [0.2, 0.25) is 0 Å². The minimum absolute atomic E-state index is 0.288. The summed E-state index contributed by atoms with van der Waals surface area (Å²) in [5.74, 6) is -0.288. The van der Waals surface area contributed by atoms with Gasteiger partial charge in [-0.1, -0.05) is 19.3 Å². The number of ether oxygens (including phenoxy) is 1. The van der Waals surface area contributed by atoms with Crippen molar-refractivity contribution in [2.24, 2.45) is 0 Å². The summed E-state index contributed by atoms with van der Waals surface area (Å²) >= 11 is 0. The molecular formula is C21H27N3O2. The first kappa shape index (κ1) is 18.2. The number of nitrogens with zero attached hydrogens (tertiary/aromatic N) is 1. The molecule has 0 spiro atoms. The van der Waals surface area contributed by atoms with Crippen molar-refractivity contribution in [3.63, 3.8) is 0 Å². The third kappa shape index (κ3) is 4.97. The molecule has 1 aromatic carbocycles. The maximum absolute atomic E-state index is 12.1. The fourth-order valence-electron chi connectivity index (χ4n) is 3.32. The van der Waals surface area contributed by atoms with E-state index in [-0.39, 0.29) is 5.97 Å². The van der Waals surface area contributed by atoms with Gasteiger partial charge in [-0.05, 0) is 55.7 Å². The van der Waals surface area contributed by atoms with E-state index in [1.54, 1.807) is 12.4 Å². The number of carbonyl (C=O) groups excluding carboxylic acids is 1. The van der Waals surface area contributed by atoms with Crippen molar-refractivity contribution >= 4 is 17.3 Å². The lowest BCUT2D eigenvalue weighted by atomic mass is 9.95. The molecule has 1 aromatic heterocycles. The lowest BCUT2D eigenvalue weighted by Gasteiger charge is -2.25. The number of hydrogen-bond acceptors (Lipinski definition) is 5. The molecule has 0 unspecified atom stereocenters. The first-order valence-corrected chi connectivity index (χ1v) is 9.46. The third-order valence-electron chi connectivity index (χ3n) is 4.73. The van der Waals surface area contributed by atoms with E-state index in [4.69, 9.17) is 4.74 Å². The molecule has 2 N–H and O–H groups in total. The highest BCUT2D eigenvalue weighted by molar-refractivity contribution is 5.92. The number of rotatable bonds is 7. The summed E-state index contributed by atoms with van der Waals surface area (Å²) in [6.07, 6.45) is 9.84. The highest BCUT2D eigenvalue weighted by Gasteiger charge is 2.16. The van der Waals surface area contributed by atoms with E-state index in [0.29, 0.717) is 24.8 Å². The molecule has 0 atom stereocenters. The van der Waals surface area contributed by atoms with Crippen LogP contribution in [-0.2, 0) is 11.3 Å². The number of carbonyl (C=O) groups is 1. The number of nitrogens with one attached hydrogen (secondary N) is 2. The molecule has 26 heavy (non-hydrogen) atoms. The van der Waals surface area contributed by atoms with Crippen molar-refractivity contribution in [1.82, 2.24) is 4.98 Å². The summed E-state index contributed by atoms with van der Waals surface area (Å²) in [6, 6.07) is 10.2. The maximum Gasteiger partial charge on any atom is 0.338 e. The Morgan fingerprint density at radius 2 is 1.88 bits per heavy atom. The molecule has 1 fully saturated rings. The van der Waals surface area contributed by atoms with Gasteiger partial charge in [-0.25, -0.2) is 4.79 Å². The standard InChI is InChI=1S/C21H27N3O2/c1-2-26-21(25)17-8-9-19(24-18-6-4-3-5-7-18)20(14-17)23-15-16-10-12-22-13-11-16/h8-14,18,23-24H,2-7,15H2,1H3. The number of benzene rings is 1. The summed E-state index contributed by atoms with van der Waals surface area (Å²) in [7, 11) is 0. The number of aromatic nitrogens is 1. The Balaban J connectivity index is 1.78. The Bertz CT molecular complexity index is 712. The minimum atomic E-state index is -0.288. The highest BCUT2D eigenvalue weighted by Crippen LogP contribution is 2.28. The number of hydrogen-bond donors (Lipinski definition) is 2. The van der Waals surface area contributed by atoms with Gasteiger partial charge in [-0.15, -0.1) is 0 Å². The number of pyridine rings is 1. The van der Waals surface area contributed by atoms with Crippen LogP contribution < -0.4 is 10.6 Å². The molecule has 0 saturated heterocycles. The first-order valence-electron chi connectivity index (χ1n) is 9.46. The summed E-state index contributed by atoms with van der Waals surface area (Å²) < 4.78 is 5.14. The van der Waals surface area contributed by atoms with Gasteiger partial charge in [0.15, 0.2) is 0 Å². The van der Waals surface area contributed by atoms with Gasteiger partial charge in [0.05, 0.1) is 23.5 Å². The third-order valence-corrected chi connectivity index (χ3v) is 4.73. The van der Waals surface area contributed by atoms with Crippen molar-refractivity contribution in [2.45, 2.75) is 51.6 Å². The molecule has 0 radical (unpaired) electrons. The average molecular weight is 353 g/mol. The molecule has 1 heterocycles. The first-order chi connectivity index (χ1) is 12.8. The lowest BCUT2D eigenvalue weighted by Crippen LogP contribution is -2.23. The molecule has 3 rings (SSSR count). The van der Waals surface area contributed by atoms with Crippen LogP contribution >= 0.6 is 0 Å². The smallest absolute Gasteiger partial charge is 0.338 e. The minimum Gasteiger partial charge on any atom is -0.462 e.